The minimum atomic E-state index is -0.938. The number of phenols is 1. The summed E-state index contributed by atoms with van der Waals surface area (Å²) in [6, 6.07) is 20.2. The fraction of sp³-hybridized carbons (Fsp3) is 0.278. The molecule has 2 atom stereocenters. The summed E-state index contributed by atoms with van der Waals surface area (Å²) in [5.74, 6) is -0.510. The molecule has 4 N–H and O–H groups in total. The number of carbonyl (C=O) groups excluding carboxylic acids is 4. The molecular formula is C36H40N6O6S. The van der Waals surface area contributed by atoms with Gasteiger partial charge in [-0.3, -0.25) is 14.9 Å². The van der Waals surface area contributed by atoms with Crippen molar-refractivity contribution in [1.29, 1.82) is 0 Å². The van der Waals surface area contributed by atoms with E-state index in [2.05, 4.69) is 22.5 Å². The van der Waals surface area contributed by atoms with Gasteiger partial charge in [-0.15, -0.1) is 17.9 Å². The Morgan fingerprint density at radius 3 is 2.55 bits per heavy atom. The van der Waals surface area contributed by atoms with Crippen LogP contribution in [0.4, 0.5) is 15.3 Å². The number of carbonyl (C=O) groups is 4. The van der Waals surface area contributed by atoms with Crippen LogP contribution in [-0.2, 0) is 33.8 Å². The van der Waals surface area contributed by atoms with E-state index in [9.17, 15) is 24.3 Å². The molecule has 1 aliphatic rings. The van der Waals surface area contributed by atoms with Crippen LogP contribution >= 0.6 is 11.3 Å². The van der Waals surface area contributed by atoms with Gasteiger partial charge in [0.15, 0.2) is 0 Å². The monoisotopic (exact) mass is 684 g/mol. The number of hydrogen-bond donors (Lipinski definition) is 4. The van der Waals surface area contributed by atoms with Crippen molar-refractivity contribution in [3.63, 3.8) is 0 Å². The largest absolute Gasteiger partial charge is 0.508 e. The molecule has 49 heavy (non-hydrogen) atoms. The van der Waals surface area contributed by atoms with Gasteiger partial charge in [-0.25, -0.2) is 9.59 Å². The third-order valence-corrected chi connectivity index (χ3v) is 9.35. The minimum Gasteiger partial charge on any atom is -0.508 e. The van der Waals surface area contributed by atoms with Gasteiger partial charge in [-0.1, -0.05) is 54.6 Å². The first kappa shape index (κ1) is 34.9. The molecule has 4 aromatic rings. The number of fused-ring (bicyclic) bond motifs is 1. The number of amides is 5. The highest BCUT2D eigenvalue weighted by Gasteiger charge is 2.45. The summed E-state index contributed by atoms with van der Waals surface area (Å²) in [5, 5.41) is 21.4. The molecule has 5 rings (SSSR count). The number of urea groups is 1. The molecule has 1 saturated heterocycles. The van der Waals surface area contributed by atoms with Crippen LogP contribution in [0.15, 0.2) is 90.8 Å². The number of benzene rings is 3. The van der Waals surface area contributed by atoms with Crippen LogP contribution in [-0.4, -0.2) is 89.7 Å². The second-order valence-electron chi connectivity index (χ2n) is 11.7. The Balaban J connectivity index is 1.48. The first-order valence-corrected chi connectivity index (χ1v) is 16.7. The number of thiophene rings is 1. The van der Waals surface area contributed by atoms with E-state index in [1.807, 2.05) is 47.8 Å². The molecule has 5 amide bonds. The van der Waals surface area contributed by atoms with Crippen molar-refractivity contribution in [2.45, 2.75) is 31.7 Å². The maximum Gasteiger partial charge on any atom is 0.411 e. The lowest BCUT2D eigenvalue weighted by atomic mass is 9.98. The second kappa shape index (κ2) is 16.1. The van der Waals surface area contributed by atoms with E-state index < -0.39 is 24.3 Å². The lowest BCUT2D eigenvalue weighted by Gasteiger charge is -2.49. The Morgan fingerprint density at radius 1 is 1.08 bits per heavy atom. The number of ether oxygens (including phenoxy) is 1. The van der Waals surface area contributed by atoms with E-state index in [0.717, 1.165) is 26.8 Å². The predicted molar refractivity (Wildman–Crippen MR) is 189 cm³/mol. The lowest BCUT2D eigenvalue weighted by Crippen LogP contribution is -2.69. The van der Waals surface area contributed by atoms with E-state index in [1.54, 1.807) is 48.4 Å². The van der Waals surface area contributed by atoms with E-state index >= 15 is 0 Å². The maximum atomic E-state index is 14.4. The number of methoxy groups -OCH3 is 1. The predicted octanol–water partition coefficient (Wildman–Crippen LogP) is 4.51. The van der Waals surface area contributed by atoms with Gasteiger partial charge in [0.25, 0.3) is 0 Å². The van der Waals surface area contributed by atoms with E-state index in [1.165, 1.54) is 28.2 Å². The zero-order valence-corrected chi connectivity index (χ0v) is 28.2. The summed E-state index contributed by atoms with van der Waals surface area (Å²) < 4.78 is 5.62. The van der Waals surface area contributed by atoms with Crippen LogP contribution in [0.3, 0.4) is 0 Å². The Morgan fingerprint density at radius 2 is 1.84 bits per heavy atom. The molecule has 1 aromatic heterocycles. The van der Waals surface area contributed by atoms with E-state index in [4.69, 9.17) is 4.74 Å². The van der Waals surface area contributed by atoms with Gasteiger partial charge in [0.2, 0.25) is 11.8 Å². The van der Waals surface area contributed by atoms with Gasteiger partial charge in [0.05, 0.1) is 20.2 Å². The molecule has 0 saturated carbocycles. The smallest absolute Gasteiger partial charge is 0.411 e. The zero-order valence-electron chi connectivity index (χ0n) is 27.4. The van der Waals surface area contributed by atoms with Crippen LogP contribution in [0, 0.1) is 0 Å². The molecule has 0 spiro atoms. The summed E-state index contributed by atoms with van der Waals surface area (Å²) in [6.45, 7) is 4.65. The van der Waals surface area contributed by atoms with Crippen molar-refractivity contribution in [2.75, 3.05) is 39.1 Å². The topological polar surface area (TPSA) is 144 Å². The van der Waals surface area contributed by atoms with Crippen LogP contribution < -0.4 is 16.0 Å². The molecule has 12 nitrogen and oxygen atoms in total. The summed E-state index contributed by atoms with van der Waals surface area (Å²) in [5.41, 5.74) is 3.14. The number of phenolic OH excluding ortho intramolecular Hbond substituents is 1. The van der Waals surface area contributed by atoms with Crippen molar-refractivity contribution in [3.05, 3.63) is 108 Å². The number of likely N-dealkylation sites (N-methyl/N-ethyl adjacent to an activating group) is 1. The van der Waals surface area contributed by atoms with Crippen molar-refractivity contribution in [3.8, 4) is 5.75 Å². The molecular weight excluding hydrogens is 644 g/mol. The molecule has 0 bridgehead atoms. The highest BCUT2D eigenvalue weighted by Crippen LogP contribution is 2.32. The minimum absolute atomic E-state index is 0.0571. The van der Waals surface area contributed by atoms with Crippen LogP contribution in [0.2, 0.25) is 0 Å². The number of anilines is 1. The second-order valence-corrected chi connectivity index (χ2v) is 12.6. The standard InChI is InChI=1S/C36H40N6O6S/c1-4-16-37-20-33(44)42-30(17-24-10-13-28(43)14-11-24)34(45)41(22-32(42)40(2)35(46)38-19-25-8-6-5-7-9-25)21-26-23-49-31-18-27(12-15-29(26)31)39-36(47)48-3/h4-15,18,23,30,32,37,43H,1,16-17,19-22H2,2-3H3,(H,38,46)(H,39,47)/t30-,32?/m0/s1. The SMILES string of the molecule is C=CCNCC(=O)N1C(N(C)C(=O)NCc2ccccc2)CN(Cc2csc3cc(NC(=O)OC)ccc23)C(=O)[C@@H]1Cc1ccc(O)cc1. The van der Waals surface area contributed by atoms with E-state index in [-0.39, 0.29) is 43.6 Å². The number of rotatable bonds is 12. The number of nitrogens with one attached hydrogen (secondary N) is 3. The summed E-state index contributed by atoms with van der Waals surface area (Å²) in [6.07, 6.45) is 0.446. The normalized spacial score (nSPS) is 15.9. The van der Waals surface area contributed by atoms with Crippen LogP contribution in [0.25, 0.3) is 10.1 Å². The van der Waals surface area contributed by atoms with Crippen LogP contribution in [0.1, 0.15) is 16.7 Å². The van der Waals surface area contributed by atoms with Gasteiger partial charge in [0.1, 0.15) is 18.0 Å². The molecule has 256 valence electrons. The molecule has 2 heterocycles. The average molecular weight is 685 g/mol. The number of aromatic hydroxyl groups is 1. The molecule has 1 aliphatic heterocycles. The molecule has 1 fully saturated rings. The van der Waals surface area contributed by atoms with Gasteiger partial charge in [-0.05, 0) is 51.7 Å². The third kappa shape index (κ3) is 8.55. The molecule has 3 aromatic carbocycles. The molecule has 1 unspecified atom stereocenters. The molecule has 0 aliphatic carbocycles. The van der Waals surface area contributed by atoms with Crippen LogP contribution in [0.5, 0.6) is 5.75 Å². The summed E-state index contributed by atoms with van der Waals surface area (Å²) in [4.78, 5) is 58.4. The zero-order chi connectivity index (χ0) is 34.9. The summed E-state index contributed by atoms with van der Waals surface area (Å²) >= 11 is 1.48. The third-order valence-electron chi connectivity index (χ3n) is 8.36. The molecule has 0 radical (unpaired) electrons. The van der Waals surface area contributed by atoms with E-state index in [0.29, 0.717) is 18.8 Å². The van der Waals surface area contributed by atoms with Gasteiger partial charge in [-0.2, -0.15) is 0 Å². The lowest BCUT2D eigenvalue weighted by molar-refractivity contribution is -0.161. The first-order chi connectivity index (χ1) is 23.7. The Kier molecular flexibility index (Phi) is 11.5. The quantitative estimate of drug-likeness (QED) is 0.127. The van der Waals surface area contributed by atoms with Gasteiger partial charge < -0.3 is 35.2 Å². The van der Waals surface area contributed by atoms with Gasteiger partial charge in [0, 0.05) is 43.5 Å². The fourth-order valence-corrected chi connectivity index (χ4v) is 6.80. The first-order valence-electron chi connectivity index (χ1n) is 15.8. The highest BCUT2D eigenvalue weighted by molar-refractivity contribution is 7.17. The highest BCUT2D eigenvalue weighted by atomic mass is 32.1. The number of hydrogen-bond acceptors (Lipinski definition) is 8. The van der Waals surface area contributed by atoms with Crippen molar-refractivity contribution in [2.24, 2.45) is 0 Å². The number of nitrogens with zero attached hydrogens (tertiary/aromatic N) is 3. The van der Waals surface area contributed by atoms with Crippen molar-refractivity contribution >= 4 is 51.0 Å². The molecule has 13 heteroatoms. The maximum absolute atomic E-state index is 14.4. The Labute approximate surface area is 288 Å². The Hall–Kier alpha value is -5.40. The Bertz CT molecular complexity index is 1800. The fourth-order valence-electron chi connectivity index (χ4n) is 5.81. The summed E-state index contributed by atoms with van der Waals surface area (Å²) in [7, 11) is 2.93. The van der Waals surface area contributed by atoms with Crippen molar-refractivity contribution in [1.82, 2.24) is 25.3 Å². The number of piperazine rings is 1. The van der Waals surface area contributed by atoms with Crippen molar-refractivity contribution < 1.29 is 29.0 Å². The average Bonchev–Trinajstić information content (AvgIpc) is 3.51. The van der Waals surface area contributed by atoms with Gasteiger partial charge >= 0.3 is 12.1 Å².